The second-order valence-electron chi connectivity index (χ2n) is 3.90. The SMILES string of the molecule is COC1CCCN1S(=O)(=O)c1ccc(F)cc1. The first-order chi connectivity index (χ1) is 8.05. The number of rotatable bonds is 3. The van der Waals surface area contributed by atoms with E-state index in [-0.39, 0.29) is 4.90 Å². The summed E-state index contributed by atoms with van der Waals surface area (Å²) in [6, 6.07) is 4.83. The number of methoxy groups -OCH3 is 1. The Kier molecular flexibility index (Phi) is 3.46. The van der Waals surface area contributed by atoms with Crippen LogP contribution in [0.25, 0.3) is 0 Å². The van der Waals surface area contributed by atoms with Crippen molar-refractivity contribution < 1.29 is 17.5 Å². The van der Waals surface area contributed by atoms with Crippen molar-refractivity contribution in [1.29, 1.82) is 0 Å². The van der Waals surface area contributed by atoms with Gasteiger partial charge in [-0.3, -0.25) is 0 Å². The molecule has 0 aromatic heterocycles. The molecule has 0 bridgehead atoms. The Bertz CT molecular complexity index is 486. The van der Waals surface area contributed by atoms with Crippen molar-refractivity contribution in [2.45, 2.75) is 24.0 Å². The van der Waals surface area contributed by atoms with E-state index >= 15 is 0 Å². The summed E-state index contributed by atoms with van der Waals surface area (Å²) in [6.45, 7) is 0.443. The van der Waals surface area contributed by atoms with Crippen molar-refractivity contribution >= 4 is 10.0 Å². The molecule has 0 amide bonds. The Labute approximate surface area is 100 Å². The van der Waals surface area contributed by atoms with Crippen LogP contribution in [0.1, 0.15) is 12.8 Å². The van der Waals surface area contributed by atoms with Crippen LogP contribution in [0.15, 0.2) is 29.2 Å². The van der Waals surface area contributed by atoms with Gasteiger partial charge in [0.05, 0.1) is 4.90 Å². The molecule has 0 spiro atoms. The van der Waals surface area contributed by atoms with Crippen LogP contribution < -0.4 is 0 Å². The number of hydrogen-bond donors (Lipinski definition) is 0. The highest BCUT2D eigenvalue weighted by Gasteiger charge is 2.35. The summed E-state index contributed by atoms with van der Waals surface area (Å²) in [5, 5.41) is 0. The zero-order chi connectivity index (χ0) is 12.5. The standard InChI is InChI=1S/C11H14FNO3S/c1-16-11-3-2-8-13(11)17(14,15)10-6-4-9(12)5-7-10/h4-7,11H,2-3,8H2,1H3. The predicted molar refractivity (Wildman–Crippen MR) is 60.3 cm³/mol. The fraction of sp³-hybridized carbons (Fsp3) is 0.455. The molecule has 0 saturated carbocycles. The van der Waals surface area contributed by atoms with Gasteiger partial charge in [-0.05, 0) is 37.1 Å². The average Bonchev–Trinajstić information content (AvgIpc) is 2.78. The first kappa shape index (κ1) is 12.5. The predicted octanol–water partition coefficient (Wildman–Crippen LogP) is 1.58. The van der Waals surface area contributed by atoms with E-state index in [2.05, 4.69) is 0 Å². The molecule has 1 aromatic carbocycles. The van der Waals surface area contributed by atoms with E-state index in [9.17, 15) is 12.8 Å². The second kappa shape index (κ2) is 4.72. The normalized spacial score (nSPS) is 21.9. The average molecular weight is 259 g/mol. The molecule has 1 saturated heterocycles. The van der Waals surface area contributed by atoms with Crippen LogP contribution in [-0.2, 0) is 14.8 Å². The van der Waals surface area contributed by atoms with Crippen LogP contribution in [0.2, 0.25) is 0 Å². The molecule has 4 nitrogen and oxygen atoms in total. The third kappa shape index (κ3) is 2.34. The molecule has 1 aromatic rings. The van der Waals surface area contributed by atoms with Gasteiger partial charge in [-0.25, -0.2) is 12.8 Å². The quantitative estimate of drug-likeness (QED) is 0.828. The minimum Gasteiger partial charge on any atom is -0.365 e. The number of benzene rings is 1. The third-order valence-corrected chi connectivity index (χ3v) is 4.75. The highest BCUT2D eigenvalue weighted by atomic mass is 32.2. The van der Waals surface area contributed by atoms with Crippen molar-refractivity contribution in [2.75, 3.05) is 13.7 Å². The van der Waals surface area contributed by atoms with E-state index in [1.807, 2.05) is 0 Å². The molecule has 1 fully saturated rings. The molecule has 17 heavy (non-hydrogen) atoms. The minimum atomic E-state index is -3.58. The molecule has 0 radical (unpaired) electrons. The van der Waals surface area contributed by atoms with Gasteiger partial charge in [0.2, 0.25) is 10.0 Å². The van der Waals surface area contributed by atoms with Crippen LogP contribution in [0.4, 0.5) is 4.39 Å². The lowest BCUT2D eigenvalue weighted by molar-refractivity contribution is 0.0406. The first-order valence-electron chi connectivity index (χ1n) is 5.36. The molecule has 1 unspecified atom stereocenters. The van der Waals surface area contributed by atoms with Crippen molar-refractivity contribution in [3.05, 3.63) is 30.1 Å². The molecular formula is C11H14FNO3S. The van der Waals surface area contributed by atoms with Crippen molar-refractivity contribution in [2.24, 2.45) is 0 Å². The smallest absolute Gasteiger partial charge is 0.245 e. The van der Waals surface area contributed by atoms with Crippen LogP contribution >= 0.6 is 0 Å². The fourth-order valence-corrected chi connectivity index (χ4v) is 3.58. The van der Waals surface area contributed by atoms with Crippen LogP contribution in [0.5, 0.6) is 0 Å². The highest BCUT2D eigenvalue weighted by Crippen LogP contribution is 2.26. The topological polar surface area (TPSA) is 46.6 Å². The Morgan fingerprint density at radius 1 is 1.35 bits per heavy atom. The molecule has 6 heteroatoms. The molecule has 1 aliphatic rings. The van der Waals surface area contributed by atoms with Crippen LogP contribution in [0.3, 0.4) is 0 Å². The van der Waals surface area contributed by atoms with Crippen molar-refractivity contribution in [3.8, 4) is 0 Å². The van der Waals surface area contributed by atoms with E-state index in [1.54, 1.807) is 0 Å². The zero-order valence-electron chi connectivity index (χ0n) is 9.47. The lowest BCUT2D eigenvalue weighted by Crippen LogP contribution is -2.36. The van der Waals surface area contributed by atoms with Crippen LogP contribution in [0, 0.1) is 5.82 Å². The van der Waals surface area contributed by atoms with E-state index in [4.69, 9.17) is 4.74 Å². The summed E-state index contributed by atoms with van der Waals surface area (Å²) in [7, 11) is -2.09. The second-order valence-corrected chi connectivity index (χ2v) is 5.79. The lowest BCUT2D eigenvalue weighted by atomic mass is 10.4. The molecule has 1 atom stereocenters. The number of hydrogen-bond acceptors (Lipinski definition) is 3. The fourth-order valence-electron chi connectivity index (χ4n) is 1.96. The molecule has 2 rings (SSSR count). The third-order valence-electron chi connectivity index (χ3n) is 2.84. The maximum atomic E-state index is 12.8. The summed E-state index contributed by atoms with van der Waals surface area (Å²) >= 11 is 0. The maximum absolute atomic E-state index is 12.8. The van der Waals surface area contributed by atoms with Gasteiger partial charge in [0.1, 0.15) is 12.0 Å². The Morgan fingerprint density at radius 2 is 2.00 bits per heavy atom. The number of ether oxygens (including phenoxy) is 1. The Morgan fingerprint density at radius 3 is 2.59 bits per heavy atom. The number of halogens is 1. The van der Waals surface area contributed by atoms with Gasteiger partial charge in [0.15, 0.2) is 0 Å². The summed E-state index contributed by atoms with van der Waals surface area (Å²) in [5.41, 5.74) is 0. The van der Waals surface area contributed by atoms with Crippen molar-refractivity contribution in [1.82, 2.24) is 4.31 Å². The first-order valence-corrected chi connectivity index (χ1v) is 6.80. The number of nitrogens with zero attached hydrogens (tertiary/aromatic N) is 1. The maximum Gasteiger partial charge on any atom is 0.245 e. The molecule has 0 aliphatic carbocycles. The molecule has 1 aliphatic heterocycles. The molecule has 0 N–H and O–H groups in total. The van der Waals surface area contributed by atoms with E-state index in [1.165, 1.54) is 23.5 Å². The molecule has 94 valence electrons. The zero-order valence-corrected chi connectivity index (χ0v) is 10.3. The number of sulfonamides is 1. The molecule has 1 heterocycles. The van der Waals surface area contributed by atoms with E-state index in [0.717, 1.165) is 18.6 Å². The van der Waals surface area contributed by atoms with Gasteiger partial charge in [-0.15, -0.1) is 0 Å². The Hall–Kier alpha value is -0.980. The van der Waals surface area contributed by atoms with Gasteiger partial charge in [0, 0.05) is 13.7 Å². The van der Waals surface area contributed by atoms with Gasteiger partial charge < -0.3 is 4.74 Å². The van der Waals surface area contributed by atoms with Gasteiger partial charge in [-0.1, -0.05) is 0 Å². The summed E-state index contributed by atoms with van der Waals surface area (Å²) in [5.74, 6) is -0.450. The lowest BCUT2D eigenvalue weighted by Gasteiger charge is -2.22. The summed E-state index contributed by atoms with van der Waals surface area (Å²) in [4.78, 5) is 0.0999. The largest absolute Gasteiger partial charge is 0.365 e. The van der Waals surface area contributed by atoms with E-state index < -0.39 is 22.1 Å². The van der Waals surface area contributed by atoms with Crippen molar-refractivity contribution in [3.63, 3.8) is 0 Å². The Balaban J connectivity index is 2.33. The van der Waals surface area contributed by atoms with Gasteiger partial charge in [0.25, 0.3) is 0 Å². The van der Waals surface area contributed by atoms with Gasteiger partial charge >= 0.3 is 0 Å². The molecular weight excluding hydrogens is 245 g/mol. The summed E-state index contributed by atoms with van der Waals surface area (Å²) < 4.78 is 43.7. The monoisotopic (exact) mass is 259 g/mol. The van der Waals surface area contributed by atoms with Crippen LogP contribution in [-0.4, -0.2) is 32.6 Å². The minimum absolute atomic E-state index is 0.0999. The summed E-state index contributed by atoms with van der Waals surface area (Å²) in [6.07, 6.45) is 1.06. The van der Waals surface area contributed by atoms with Gasteiger partial charge in [-0.2, -0.15) is 4.31 Å². The highest BCUT2D eigenvalue weighted by molar-refractivity contribution is 7.89. The van der Waals surface area contributed by atoms with E-state index in [0.29, 0.717) is 13.0 Å².